The summed E-state index contributed by atoms with van der Waals surface area (Å²) in [5.74, 6) is 1.42. The Morgan fingerprint density at radius 1 is 0.741 bits per heavy atom. The number of fused-ring (bicyclic) bond motifs is 3. The molecule has 0 radical (unpaired) electrons. The molecular weight excluding hydrogens is 399 g/mol. The fourth-order valence-electron chi connectivity index (χ4n) is 2.90. The van der Waals surface area contributed by atoms with Crippen LogP contribution in [0.15, 0.2) is 36.4 Å². The van der Waals surface area contributed by atoms with E-state index in [1.807, 2.05) is 0 Å². The average molecular weight is 425 g/mol. The summed E-state index contributed by atoms with van der Waals surface area (Å²) in [5.41, 5.74) is 14.4. The lowest BCUT2D eigenvalue weighted by Gasteiger charge is -2.01. The third-order valence-electron chi connectivity index (χ3n) is 3.98. The van der Waals surface area contributed by atoms with E-state index in [0.29, 0.717) is 23.8 Å². The van der Waals surface area contributed by atoms with Gasteiger partial charge >= 0.3 is 0 Å². The second-order valence-electron chi connectivity index (χ2n) is 6.95. The van der Waals surface area contributed by atoms with Crippen LogP contribution >= 0.6 is 11.3 Å². The third kappa shape index (κ3) is 5.12. The highest BCUT2D eigenvalue weighted by atomic mass is 35.5. The van der Waals surface area contributed by atoms with Gasteiger partial charge in [0.05, 0.1) is 23.2 Å². The van der Waals surface area contributed by atoms with Crippen LogP contribution in [0.5, 0.6) is 0 Å². The first-order chi connectivity index (χ1) is 11.8. The molecular formula is C20H26Cl2N4S. The normalized spacial score (nSPS) is 12.5. The van der Waals surface area contributed by atoms with Crippen molar-refractivity contribution in [2.45, 2.75) is 39.8 Å². The summed E-state index contributed by atoms with van der Waals surface area (Å²) in [4.78, 5) is 6.56. The highest BCUT2D eigenvalue weighted by Crippen LogP contribution is 2.34. The Labute approximate surface area is 176 Å². The lowest BCUT2D eigenvalue weighted by Crippen LogP contribution is -3.00. The van der Waals surface area contributed by atoms with Crippen molar-refractivity contribution >= 4 is 43.2 Å². The van der Waals surface area contributed by atoms with Gasteiger partial charge in [-0.3, -0.25) is 21.5 Å². The maximum atomic E-state index is 6.21. The summed E-state index contributed by atoms with van der Waals surface area (Å²) < 4.78 is 2.51. The quantitative estimate of drug-likeness (QED) is 0.249. The lowest BCUT2D eigenvalue weighted by atomic mass is 10.1. The van der Waals surface area contributed by atoms with Crippen LogP contribution in [-0.2, 0) is 0 Å². The molecule has 0 unspecified atom stereocenters. The van der Waals surface area contributed by atoms with Crippen molar-refractivity contribution in [3.8, 4) is 0 Å². The van der Waals surface area contributed by atoms with Crippen LogP contribution in [0, 0.1) is 0 Å². The zero-order valence-electron chi connectivity index (χ0n) is 15.9. The van der Waals surface area contributed by atoms with Gasteiger partial charge in [0.25, 0.3) is 11.7 Å². The van der Waals surface area contributed by atoms with Crippen LogP contribution in [0.4, 0.5) is 0 Å². The molecule has 0 aliphatic rings. The molecule has 0 atom stereocenters. The fraction of sp³-hybridized carbons (Fsp3) is 0.300. The Kier molecular flexibility index (Phi) is 8.08. The lowest BCUT2D eigenvalue weighted by molar-refractivity contribution is -0.494. The van der Waals surface area contributed by atoms with E-state index in [1.54, 1.807) is 11.3 Å². The monoisotopic (exact) mass is 424 g/mol. The maximum absolute atomic E-state index is 6.21. The smallest absolute Gasteiger partial charge is 0.273 e. The first-order valence-electron chi connectivity index (χ1n) is 8.60. The average Bonchev–Trinajstić information content (AvgIpc) is 2.90. The topological polar surface area (TPSA) is 80.0 Å². The SMILES string of the molecule is CC(C)[NH+]=C(N)c1ccc2sc3ccc(C(N)=[NH+]C(C)C)cc3c2c1.[Cl-].[Cl-]. The van der Waals surface area contributed by atoms with Gasteiger partial charge in [-0.15, -0.1) is 11.3 Å². The molecule has 0 fully saturated rings. The molecule has 2 aromatic carbocycles. The predicted molar refractivity (Wildman–Crippen MR) is 108 cm³/mol. The summed E-state index contributed by atoms with van der Waals surface area (Å²) in [6, 6.07) is 13.4. The van der Waals surface area contributed by atoms with E-state index in [9.17, 15) is 0 Å². The Bertz CT molecular complexity index is 912. The highest BCUT2D eigenvalue weighted by molar-refractivity contribution is 7.25. The van der Waals surface area contributed by atoms with E-state index < -0.39 is 0 Å². The second-order valence-corrected chi connectivity index (χ2v) is 8.03. The molecule has 0 bridgehead atoms. The van der Waals surface area contributed by atoms with Gasteiger partial charge in [-0.25, -0.2) is 0 Å². The van der Waals surface area contributed by atoms with Crippen LogP contribution in [0.25, 0.3) is 20.2 Å². The molecule has 7 heteroatoms. The van der Waals surface area contributed by atoms with Crippen molar-refractivity contribution in [2.24, 2.45) is 11.5 Å². The standard InChI is InChI=1S/C20H24N4S.2ClH/c1-11(2)23-19(21)13-5-7-17-15(9-13)16-10-14(6-8-18(16)25-17)20(22)24-12(3)4;;/h5-12H,1-4H3,(H2,21,23)(H2,22,24);2*1H. The maximum Gasteiger partial charge on any atom is 0.273 e. The molecule has 0 aliphatic carbocycles. The first-order valence-corrected chi connectivity index (χ1v) is 9.41. The molecule has 146 valence electrons. The highest BCUT2D eigenvalue weighted by Gasteiger charge is 2.13. The summed E-state index contributed by atoms with van der Waals surface area (Å²) in [6.45, 7) is 8.33. The van der Waals surface area contributed by atoms with Gasteiger partial charge in [0.2, 0.25) is 0 Å². The zero-order valence-corrected chi connectivity index (χ0v) is 18.3. The third-order valence-corrected chi connectivity index (χ3v) is 5.13. The van der Waals surface area contributed by atoms with Crippen molar-refractivity contribution in [2.75, 3.05) is 0 Å². The number of halogens is 2. The van der Waals surface area contributed by atoms with Crippen molar-refractivity contribution in [3.05, 3.63) is 47.5 Å². The minimum Gasteiger partial charge on any atom is -1.00 e. The zero-order chi connectivity index (χ0) is 18.1. The number of nitrogen functional groups attached to an aromatic ring is 2. The van der Waals surface area contributed by atoms with Crippen LogP contribution < -0.4 is 46.3 Å². The van der Waals surface area contributed by atoms with E-state index in [1.165, 1.54) is 20.2 Å². The van der Waals surface area contributed by atoms with Gasteiger partial charge in [-0.05, 0) is 64.1 Å². The van der Waals surface area contributed by atoms with Crippen LogP contribution in [0.2, 0.25) is 0 Å². The molecule has 27 heavy (non-hydrogen) atoms. The molecule has 6 N–H and O–H groups in total. The fourth-order valence-corrected chi connectivity index (χ4v) is 3.97. The molecule has 0 aliphatic heterocycles. The number of thiophene rings is 1. The van der Waals surface area contributed by atoms with E-state index in [2.05, 4.69) is 74.1 Å². The second kappa shape index (κ2) is 9.40. The van der Waals surface area contributed by atoms with Gasteiger partial charge in [0.15, 0.2) is 0 Å². The van der Waals surface area contributed by atoms with Crippen LogP contribution in [-0.4, -0.2) is 23.8 Å². The molecule has 0 spiro atoms. The first kappa shape index (κ1) is 23.2. The Balaban J connectivity index is 0.00000182. The molecule has 0 saturated heterocycles. The Morgan fingerprint density at radius 2 is 1.11 bits per heavy atom. The molecule has 4 nitrogen and oxygen atoms in total. The number of benzene rings is 2. The number of hydrogen-bond donors (Lipinski definition) is 4. The largest absolute Gasteiger partial charge is 1.00 e. The summed E-state index contributed by atoms with van der Waals surface area (Å²) in [6.07, 6.45) is 0. The molecule has 0 amide bonds. The molecule has 1 aromatic heterocycles. The molecule has 1 heterocycles. The number of rotatable bonds is 4. The minimum atomic E-state index is 0. The van der Waals surface area contributed by atoms with E-state index >= 15 is 0 Å². The van der Waals surface area contributed by atoms with Crippen molar-refractivity contribution in [1.82, 2.24) is 0 Å². The van der Waals surface area contributed by atoms with E-state index in [-0.39, 0.29) is 24.8 Å². The minimum absolute atomic E-state index is 0. The predicted octanol–water partition coefficient (Wildman–Crippen LogP) is -5.55. The van der Waals surface area contributed by atoms with Gasteiger partial charge in [-0.2, -0.15) is 0 Å². The number of amidine groups is 2. The van der Waals surface area contributed by atoms with Crippen LogP contribution in [0.1, 0.15) is 38.8 Å². The van der Waals surface area contributed by atoms with E-state index in [0.717, 1.165) is 11.1 Å². The van der Waals surface area contributed by atoms with Gasteiger partial charge < -0.3 is 24.8 Å². The number of nitrogens with two attached hydrogens (primary N) is 2. The van der Waals surface area contributed by atoms with Gasteiger partial charge in [0.1, 0.15) is 0 Å². The Morgan fingerprint density at radius 3 is 1.44 bits per heavy atom. The summed E-state index contributed by atoms with van der Waals surface area (Å²) >= 11 is 1.79. The summed E-state index contributed by atoms with van der Waals surface area (Å²) in [5, 5.41) is 2.43. The molecule has 3 rings (SSSR count). The molecule has 3 aromatic rings. The van der Waals surface area contributed by atoms with Crippen molar-refractivity contribution in [1.29, 1.82) is 0 Å². The van der Waals surface area contributed by atoms with E-state index in [4.69, 9.17) is 11.5 Å². The Hall–Kier alpha value is -1.82. The number of nitrogens with one attached hydrogen (secondary N) is 2. The van der Waals surface area contributed by atoms with Crippen molar-refractivity contribution < 1.29 is 34.8 Å². The molecule has 0 saturated carbocycles. The number of hydrogen-bond acceptors (Lipinski definition) is 1. The van der Waals surface area contributed by atoms with Crippen molar-refractivity contribution in [3.63, 3.8) is 0 Å². The van der Waals surface area contributed by atoms with Gasteiger partial charge in [0, 0.05) is 20.2 Å². The van der Waals surface area contributed by atoms with Gasteiger partial charge in [-0.1, -0.05) is 0 Å². The van der Waals surface area contributed by atoms with Crippen LogP contribution in [0.3, 0.4) is 0 Å². The summed E-state index contributed by atoms with van der Waals surface area (Å²) in [7, 11) is 0.